The van der Waals surface area contributed by atoms with E-state index in [1.807, 2.05) is 24.3 Å². The summed E-state index contributed by atoms with van der Waals surface area (Å²) in [6.07, 6.45) is 2.54. The van der Waals surface area contributed by atoms with Crippen LogP contribution in [0.2, 0.25) is 0 Å². The third-order valence-electron chi connectivity index (χ3n) is 5.09. The molecule has 1 aromatic heterocycles. The Balaban J connectivity index is 1.85. The third-order valence-corrected chi connectivity index (χ3v) is 5.09. The summed E-state index contributed by atoms with van der Waals surface area (Å²) in [7, 11) is 3.08. The minimum Gasteiger partial charge on any atom is -0.480 e. The van der Waals surface area contributed by atoms with Crippen molar-refractivity contribution in [1.29, 1.82) is 5.41 Å². The number of rotatable bonds is 12. The average Bonchev–Trinajstić information content (AvgIpc) is 2.83. The number of ether oxygens (including phenoxy) is 1. The highest BCUT2D eigenvalue weighted by Gasteiger charge is 2.18. The van der Waals surface area contributed by atoms with Crippen LogP contribution in [0.3, 0.4) is 0 Å². The normalized spacial score (nSPS) is 11.9. The molecule has 0 saturated carbocycles. The molecule has 0 aliphatic rings. The van der Waals surface area contributed by atoms with Crippen molar-refractivity contribution in [3.63, 3.8) is 0 Å². The topological polar surface area (TPSA) is 146 Å². The summed E-state index contributed by atoms with van der Waals surface area (Å²) in [5.41, 5.74) is 2.93. The summed E-state index contributed by atoms with van der Waals surface area (Å²) >= 11 is 0. The van der Waals surface area contributed by atoms with E-state index in [2.05, 4.69) is 27.5 Å². The molecule has 182 valence electrons. The Kier molecular flexibility index (Phi) is 10.3. The molecule has 1 unspecified atom stereocenters. The van der Waals surface area contributed by atoms with E-state index in [1.54, 1.807) is 32.3 Å². The molecule has 10 nitrogen and oxygen atoms in total. The van der Waals surface area contributed by atoms with Crippen LogP contribution in [0.1, 0.15) is 40.1 Å². The molecule has 34 heavy (non-hydrogen) atoms. The largest absolute Gasteiger partial charge is 0.480 e. The molecular weight excluding hydrogens is 434 g/mol. The van der Waals surface area contributed by atoms with Crippen LogP contribution in [0, 0.1) is 12.3 Å². The molecule has 10 heteroatoms. The van der Waals surface area contributed by atoms with Gasteiger partial charge in [-0.1, -0.05) is 31.2 Å². The Morgan fingerprint density at radius 3 is 2.59 bits per heavy atom. The lowest BCUT2D eigenvalue weighted by atomic mass is 10.0. The molecule has 2 amide bonds. The predicted molar refractivity (Wildman–Crippen MR) is 132 cm³/mol. The minimum absolute atomic E-state index is 0.0815. The van der Waals surface area contributed by atoms with Gasteiger partial charge in [-0.2, -0.15) is 0 Å². The highest BCUT2D eigenvalue weighted by atomic mass is 16.5. The number of pyridine rings is 1. The number of benzene rings is 1. The number of amides is 2. The van der Waals surface area contributed by atoms with Gasteiger partial charge in [-0.05, 0) is 36.6 Å². The van der Waals surface area contributed by atoms with Gasteiger partial charge in [0.15, 0.2) is 0 Å². The molecule has 2 aromatic rings. The zero-order valence-electron chi connectivity index (χ0n) is 20.1. The molecule has 1 heterocycles. The van der Waals surface area contributed by atoms with Crippen LogP contribution in [0.25, 0.3) is 0 Å². The van der Waals surface area contributed by atoms with Gasteiger partial charge in [-0.25, -0.2) is 9.99 Å². The van der Waals surface area contributed by atoms with Gasteiger partial charge in [0.1, 0.15) is 11.3 Å². The lowest BCUT2D eigenvalue weighted by Crippen LogP contribution is -2.46. The number of nitrogens with zero attached hydrogens (tertiary/aromatic N) is 3. The van der Waals surface area contributed by atoms with E-state index < -0.39 is 11.9 Å². The highest BCUT2D eigenvalue weighted by Crippen LogP contribution is 2.15. The van der Waals surface area contributed by atoms with Gasteiger partial charge in [-0.15, -0.1) is 0 Å². The van der Waals surface area contributed by atoms with Crippen molar-refractivity contribution < 1.29 is 14.3 Å². The van der Waals surface area contributed by atoms with Crippen LogP contribution in [0.5, 0.6) is 5.88 Å². The maximum Gasteiger partial charge on any atom is 0.267 e. The standard InChI is InChI=1S/C24H33N7O3/c1-5-17-7-9-18(10-8-17)21(14-27-3)30-23(33)20(25)15-31(26)13-12-28-22(32)19-11-6-16(2)29-24(19)34-4/h6-11,14,21,25H,5,12-13,15,26H2,1-4H3,(H,28,32)(H,30,33). The summed E-state index contributed by atoms with van der Waals surface area (Å²) in [5, 5.41) is 15.0. The number of hydrogen-bond acceptors (Lipinski definition) is 8. The number of methoxy groups -OCH3 is 1. The maximum absolute atomic E-state index is 12.6. The fourth-order valence-electron chi connectivity index (χ4n) is 3.17. The maximum atomic E-state index is 12.6. The predicted octanol–water partition coefficient (Wildman–Crippen LogP) is 1.44. The molecule has 0 radical (unpaired) electrons. The number of carbonyl (C=O) groups excluding carboxylic acids is 2. The van der Waals surface area contributed by atoms with Crippen LogP contribution < -0.4 is 21.2 Å². The zero-order chi connectivity index (χ0) is 25.1. The van der Waals surface area contributed by atoms with Gasteiger partial charge in [0.25, 0.3) is 11.8 Å². The number of nitrogens with one attached hydrogen (secondary N) is 3. The van der Waals surface area contributed by atoms with Gasteiger partial charge in [0, 0.05) is 32.0 Å². The monoisotopic (exact) mass is 467 g/mol. The van der Waals surface area contributed by atoms with Crippen LogP contribution in [0.15, 0.2) is 41.4 Å². The molecule has 0 bridgehead atoms. The second-order valence-electron chi connectivity index (χ2n) is 7.67. The first-order chi connectivity index (χ1) is 16.3. The van der Waals surface area contributed by atoms with Gasteiger partial charge in [0.05, 0.1) is 19.7 Å². The van der Waals surface area contributed by atoms with Crippen molar-refractivity contribution in [1.82, 2.24) is 20.6 Å². The van der Waals surface area contributed by atoms with Crippen LogP contribution in [-0.2, 0) is 11.2 Å². The number of carbonyl (C=O) groups is 2. The molecule has 0 fully saturated rings. The van der Waals surface area contributed by atoms with Crippen molar-refractivity contribution in [2.75, 3.05) is 33.8 Å². The summed E-state index contributed by atoms with van der Waals surface area (Å²) in [4.78, 5) is 33.2. The molecule has 0 aliphatic heterocycles. The summed E-state index contributed by atoms with van der Waals surface area (Å²) < 4.78 is 5.16. The van der Waals surface area contributed by atoms with Crippen molar-refractivity contribution in [3.8, 4) is 5.88 Å². The number of aliphatic imine (C=N–C) groups is 1. The molecule has 0 aliphatic carbocycles. The van der Waals surface area contributed by atoms with Crippen LogP contribution in [-0.4, -0.2) is 67.5 Å². The van der Waals surface area contributed by atoms with E-state index in [4.69, 9.17) is 16.0 Å². The third kappa shape index (κ3) is 7.75. The zero-order valence-corrected chi connectivity index (χ0v) is 20.1. The fourth-order valence-corrected chi connectivity index (χ4v) is 3.17. The number of aromatic nitrogens is 1. The summed E-state index contributed by atoms with van der Waals surface area (Å²) in [5.74, 6) is 5.30. The number of hydrogen-bond donors (Lipinski definition) is 4. The van der Waals surface area contributed by atoms with E-state index in [0.717, 1.165) is 17.7 Å². The smallest absolute Gasteiger partial charge is 0.267 e. The Labute approximate surface area is 200 Å². The van der Waals surface area contributed by atoms with Gasteiger partial charge in [0.2, 0.25) is 5.88 Å². The van der Waals surface area contributed by atoms with Crippen molar-refractivity contribution in [3.05, 3.63) is 58.8 Å². The molecule has 2 rings (SSSR count). The van der Waals surface area contributed by atoms with Crippen molar-refractivity contribution >= 4 is 23.7 Å². The summed E-state index contributed by atoms with van der Waals surface area (Å²) in [6, 6.07) is 10.8. The van der Waals surface area contributed by atoms with Gasteiger partial charge in [-0.3, -0.25) is 25.8 Å². The first kappa shape index (κ1) is 26.6. The van der Waals surface area contributed by atoms with E-state index in [1.165, 1.54) is 17.7 Å². The van der Waals surface area contributed by atoms with Gasteiger partial charge < -0.3 is 15.4 Å². The second kappa shape index (κ2) is 13.2. The number of nitrogens with two attached hydrogens (primary N) is 1. The lowest BCUT2D eigenvalue weighted by Gasteiger charge is -2.19. The molecule has 1 aromatic carbocycles. The SMILES string of the molecule is CCc1ccc(C(C=NC)NC(=O)C(=N)CN(N)CCNC(=O)c2ccc(C)nc2OC)cc1. The first-order valence-corrected chi connectivity index (χ1v) is 11.0. The van der Waals surface area contributed by atoms with Crippen molar-refractivity contribution in [2.45, 2.75) is 26.3 Å². The Morgan fingerprint density at radius 1 is 1.26 bits per heavy atom. The quantitative estimate of drug-likeness (QED) is 0.211. The summed E-state index contributed by atoms with van der Waals surface area (Å²) in [6.45, 7) is 4.25. The molecule has 0 saturated heterocycles. The van der Waals surface area contributed by atoms with E-state index in [0.29, 0.717) is 5.56 Å². The first-order valence-electron chi connectivity index (χ1n) is 11.0. The van der Waals surface area contributed by atoms with Crippen molar-refractivity contribution in [2.24, 2.45) is 10.8 Å². The minimum atomic E-state index is -0.542. The fraction of sp³-hybridized carbons (Fsp3) is 0.375. The van der Waals surface area contributed by atoms with E-state index in [9.17, 15) is 9.59 Å². The second-order valence-corrected chi connectivity index (χ2v) is 7.67. The lowest BCUT2D eigenvalue weighted by molar-refractivity contribution is -0.115. The van der Waals surface area contributed by atoms with Gasteiger partial charge >= 0.3 is 0 Å². The Morgan fingerprint density at radius 2 is 1.97 bits per heavy atom. The molecular formula is C24H33N7O3. The van der Waals surface area contributed by atoms with Crippen LogP contribution in [0.4, 0.5) is 0 Å². The molecule has 0 spiro atoms. The number of aryl methyl sites for hydroxylation is 2. The molecule has 1 atom stereocenters. The Bertz CT molecular complexity index is 1020. The Hall–Kier alpha value is -3.63. The van der Waals surface area contributed by atoms with E-state index in [-0.39, 0.29) is 37.1 Å². The van der Waals surface area contributed by atoms with Crippen LogP contribution >= 0.6 is 0 Å². The number of hydrazine groups is 1. The average molecular weight is 468 g/mol. The highest BCUT2D eigenvalue weighted by molar-refractivity contribution is 6.38. The molecule has 5 N–H and O–H groups in total. The van der Waals surface area contributed by atoms with E-state index >= 15 is 0 Å².